The fourth-order valence-corrected chi connectivity index (χ4v) is 6.07. The molecule has 0 bridgehead atoms. The van der Waals surface area contributed by atoms with Crippen LogP contribution in [0.2, 0.25) is 0 Å². The Hall–Kier alpha value is -3.55. The van der Waals surface area contributed by atoms with E-state index in [1.165, 1.54) is 18.0 Å². The molecule has 9 nitrogen and oxygen atoms in total. The van der Waals surface area contributed by atoms with Gasteiger partial charge in [-0.2, -0.15) is 11.3 Å². The molecule has 2 aromatic heterocycles. The summed E-state index contributed by atoms with van der Waals surface area (Å²) in [7, 11) is 0. The Labute approximate surface area is 322 Å². The number of allylic oxidation sites excluding steroid dienone is 5. The molecule has 3 heterocycles. The number of aromatic nitrogens is 2. The minimum absolute atomic E-state index is 0. The molecule has 0 radical (unpaired) electrons. The summed E-state index contributed by atoms with van der Waals surface area (Å²) in [4.78, 5) is 23.0. The van der Waals surface area contributed by atoms with Gasteiger partial charge in [0.15, 0.2) is 0 Å². The van der Waals surface area contributed by atoms with Crippen molar-refractivity contribution in [2.75, 3.05) is 24.1 Å². The number of anilines is 2. The van der Waals surface area contributed by atoms with Gasteiger partial charge in [-0.3, -0.25) is 4.79 Å². The average Bonchev–Trinajstić information content (AvgIpc) is 3.45. The number of hydrogen-bond donors (Lipinski definition) is 4. The fraction of sp³-hybridized carbons (Fsp3) is 0.486. The van der Waals surface area contributed by atoms with Crippen molar-refractivity contribution in [3.63, 3.8) is 0 Å². The first-order valence-electron chi connectivity index (χ1n) is 16.6. The molecule has 264 valence electrons. The number of rotatable bonds is 7. The number of likely N-dealkylation sites (tertiary alicyclic amines) is 1. The zero-order valence-corrected chi connectivity index (χ0v) is 33.1. The van der Waals surface area contributed by atoms with Crippen LogP contribution in [0.15, 0.2) is 41.8 Å². The topological polar surface area (TPSA) is 144 Å². The maximum absolute atomic E-state index is 13.6. The third-order valence-electron chi connectivity index (χ3n) is 7.61. The summed E-state index contributed by atoms with van der Waals surface area (Å²) < 4.78 is 27.1. The second kappa shape index (κ2) is 23.8. The normalized spacial score (nSPS) is 18.7. The minimum atomic E-state index is -2.65. The van der Waals surface area contributed by atoms with Gasteiger partial charge in [0.1, 0.15) is 4.88 Å². The number of piperidine rings is 1. The Balaban J connectivity index is 0.000000766. The van der Waals surface area contributed by atoms with Crippen molar-refractivity contribution in [3.8, 4) is 17.9 Å². The molecular weight excluding hydrogens is 666 g/mol. The molecule has 4 rings (SSSR count). The van der Waals surface area contributed by atoms with Gasteiger partial charge in [-0.15, -0.1) is 23.5 Å². The zero-order valence-electron chi connectivity index (χ0n) is 30.3. The van der Waals surface area contributed by atoms with E-state index in [2.05, 4.69) is 64.6 Å². The smallest absolute Gasteiger partial charge is 0.422 e. The summed E-state index contributed by atoms with van der Waals surface area (Å²) in [5.41, 5.74) is 8.56. The molecule has 1 amide bonds. The van der Waals surface area contributed by atoms with Gasteiger partial charge in [0.25, 0.3) is 12.3 Å². The van der Waals surface area contributed by atoms with Gasteiger partial charge in [-0.25, -0.2) is 20.6 Å². The Morgan fingerprint density at radius 2 is 2.10 bits per heavy atom. The fourth-order valence-electron chi connectivity index (χ4n) is 5.19. The summed E-state index contributed by atoms with van der Waals surface area (Å²) in [6.45, 7) is 13.0. The molecule has 2 aromatic rings. The van der Waals surface area contributed by atoms with Crippen LogP contribution < -0.4 is 45.9 Å². The molecule has 0 spiro atoms. The number of alkyl halides is 2. The molecule has 50 heavy (non-hydrogen) atoms. The first-order chi connectivity index (χ1) is 23.5. The quantitative estimate of drug-likeness (QED) is 0.0468. The van der Waals surface area contributed by atoms with Crippen molar-refractivity contribution in [1.29, 1.82) is 10.7 Å². The summed E-state index contributed by atoms with van der Waals surface area (Å²) >= 11 is 0.826. The van der Waals surface area contributed by atoms with E-state index >= 15 is 0 Å². The first kappa shape index (κ1) is 44.5. The van der Waals surface area contributed by atoms with Crippen LogP contribution in [0.4, 0.5) is 20.3 Å². The third-order valence-corrected chi connectivity index (χ3v) is 8.76. The molecule has 5 N–H and O–H groups in total. The van der Waals surface area contributed by atoms with Crippen molar-refractivity contribution >= 4 is 34.6 Å². The number of nitriles is 1. The Bertz CT molecular complexity index is 1590. The summed E-state index contributed by atoms with van der Waals surface area (Å²) in [5, 5.41) is 23.2. The zero-order chi connectivity index (χ0) is 36.3. The van der Waals surface area contributed by atoms with E-state index in [9.17, 15) is 13.6 Å². The Kier molecular flexibility index (Phi) is 21.2. The van der Waals surface area contributed by atoms with Gasteiger partial charge >= 0.3 is 29.6 Å². The molecule has 13 heteroatoms. The van der Waals surface area contributed by atoms with E-state index in [1.54, 1.807) is 24.0 Å². The number of carbonyl (C=O) groups is 1. The van der Waals surface area contributed by atoms with Crippen molar-refractivity contribution < 1.29 is 43.1 Å². The number of nitrogens with two attached hydrogens (primary N) is 1. The molecule has 1 aliphatic heterocycles. The van der Waals surface area contributed by atoms with Gasteiger partial charge in [-0.05, 0) is 75.3 Å². The average molecular weight is 714 g/mol. The summed E-state index contributed by atoms with van der Waals surface area (Å²) in [6.07, 6.45) is 14.9. The predicted molar refractivity (Wildman–Crippen MR) is 194 cm³/mol. The SMILES string of the molecule is CC.CC1=CC(Nc2cc(C(F)F)sc2C(=O)NC2CCCN(C(=N)c3[c-]ncnc3N)C2)CC(C)CC1.CCC#C[C-]=C/C=C(\C)C#N.[Na+]. The standard InChI is InChI=1S/C25H32F2N7OS.C10H10N.C2H6.Na/c1-14-5-6-15(2)9-17(8-14)32-19-10-20(22(26)27)36-21(19)25(35)33-16-4-3-7-34(12-16)24(29)18-11-30-13-31-23(18)28;1-3-4-5-6-7-8-10(2)9-11;1-2;/h8,10,13,15-17,22,29,32H,3-7,9,12H2,1-2H3,(H,33,35)(H2,28,30,31);7-8H,3H2,1-2H3;1-2H3;/q2*-1;;+1/b;10-8+;;. The third kappa shape index (κ3) is 14.7. The van der Waals surface area contributed by atoms with E-state index < -0.39 is 6.43 Å². The van der Waals surface area contributed by atoms with Crippen LogP contribution in [0.3, 0.4) is 0 Å². The summed E-state index contributed by atoms with van der Waals surface area (Å²) in [6, 6.07) is 3.13. The second-order valence-electron chi connectivity index (χ2n) is 11.6. The number of halogens is 2. The molecule has 0 aromatic carbocycles. The van der Waals surface area contributed by atoms with Gasteiger partial charge in [-0.1, -0.05) is 45.8 Å². The van der Waals surface area contributed by atoms with E-state index in [0.717, 1.165) is 49.9 Å². The number of nitrogens with one attached hydrogen (secondary N) is 3. The number of hydrogen-bond acceptors (Lipinski definition) is 8. The molecule has 3 atom stereocenters. The van der Waals surface area contributed by atoms with Crippen LogP contribution in [-0.4, -0.2) is 51.8 Å². The number of nitrogen functional groups attached to an aromatic ring is 1. The van der Waals surface area contributed by atoms with Crippen molar-refractivity contribution in [2.24, 2.45) is 5.92 Å². The van der Waals surface area contributed by atoms with Crippen LogP contribution >= 0.6 is 11.3 Å². The number of carbonyl (C=O) groups excluding carboxylic acids is 1. The van der Waals surface area contributed by atoms with E-state index in [4.69, 9.17) is 16.4 Å². The van der Waals surface area contributed by atoms with E-state index in [1.807, 2.05) is 26.8 Å². The van der Waals surface area contributed by atoms with Crippen LogP contribution in [0.1, 0.15) is 107 Å². The van der Waals surface area contributed by atoms with E-state index in [0.29, 0.717) is 35.8 Å². The van der Waals surface area contributed by atoms with Crippen LogP contribution in [0, 0.1) is 46.8 Å². The number of amides is 1. The van der Waals surface area contributed by atoms with Crippen molar-refractivity contribution in [3.05, 3.63) is 69.4 Å². The number of thiophene rings is 1. The minimum Gasteiger partial charge on any atom is -0.422 e. The van der Waals surface area contributed by atoms with Crippen molar-refractivity contribution in [2.45, 2.75) is 98.6 Å². The Morgan fingerprint density at radius 3 is 2.76 bits per heavy atom. The molecular formula is C37H48F2N8NaOS-. The first-order valence-corrected chi connectivity index (χ1v) is 17.5. The van der Waals surface area contributed by atoms with Gasteiger partial charge in [0, 0.05) is 43.2 Å². The molecule has 1 fully saturated rings. The molecule has 2 aliphatic rings. The number of nitrogens with zero attached hydrogens (tertiary/aromatic N) is 4. The maximum Gasteiger partial charge on any atom is 1.00 e. The molecule has 3 unspecified atom stereocenters. The van der Waals surface area contributed by atoms with Gasteiger partial charge in [0.05, 0.1) is 16.6 Å². The monoisotopic (exact) mass is 713 g/mol. The van der Waals surface area contributed by atoms with E-state index in [-0.39, 0.29) is 69.0 Å². The van der Waals surface area contributed by atoms with Crippen molar-refractivity contribution in [1.82, 2.24) is 20.2 Å². The second-order valence-corrected chi connectivity index (χ2v) is 12.7. The van der Waals surface area contributed by atoms with Gasteiger partial charge in [0.2, 0.25) is 0 Å². The molecule has 1 saturated heterocycles. The molecule has 0 saturated carbocycles. The largest absolute Gasteiger partial charge is 1.00 e. The Morgan fingerprint density at radius 1 is 1.36 bits per heavy atom. The summed E-state index contributed by atoms with van der Waals surface area (Å²) in [5.74, 6) is 5.97. The number of amidine groups is 1. The van der Waals surface area contributed by atoms with Gasteiger partial charge < -0.3 is 36.6 Å². The molecule has 1 aliphatic carbocycles. The predicted octanol–water partition coefficient (Wildman–Crippen LogP) is 4.88. The van der Waals surface area contributed by atoms with Crippen LogP contribution in [-0.2, 0) is 0 Å². The maximum atomic E-state index is 13.6. The van der Waals surface area contributed by atoms with Crippen LogP contribution in [0.25, 0.3) is 0 Å². The van der Waals surface area contributed by atoms with Crippen LogP contribution in [0.5, 0.6) is 0 Å².